The van der Waals surface area contributed by atoms with E-state index in [4.69, 9.17) is 14.7 Å². The van der Waals surface area contributed by atoms with Crippen LogP contribution in [-0.2, 0) is 5.75 Å². The standard InChI is InChI=1S/C11H14N2O2S/c1-8(6-12)16-7-9-5-11(15-13-9)10-3-2-4-14-10/h2-5,8H,6-7,12H2,1H3. The summed E-state index contributed by atoms with van der Waals surface area (Å²) in [7, 11) is 0. The van der Waals surface area contributed by atoms with Crippen molar-refractivity contribution < 1.29 is 8.94 Å². The van der Waals surface area contributed by atoms with Gasteiger partial charge in [-0.15, -0.1) is 0 Å². The Bertz CT molecular complexity index is 425. The molecule has 86 valence electrons. The van der Waals surface area contributed by atoms with Gasteiger partial charge in [0.2, 0.25) is 5.76 Å². The summed E-state index contributed by atoms with van der Waals surface area (Å²) in [5, 5.41) is 4.42. The monoisotopic (exact) mass is 238 g/mol. The van der Waals surface area contributed by atoms with Crippen LogP contribution in [0.15, 0.2) is 33.4 Å². The van der Waals surface area contributed by atoms with E-state index in [9.17, 15) is 0 Å². The molecule has 0 amide bonds. The number of hydrogen-bond donors (Lipinski definition) is 1. The van der Waals surface area contributed by atoms with Crippen molar-refractivity contribution in [1.29, 1.82) is 0 Å². The Labute approximate surface area is 98.2 Å². The van der Waals surface area contributed by atoms with Gasteiger partial charge in [0.05, 0.1) is 12.0 Å². The minimum absolute atomic E-state index is 0.434. The zero-order valence-electron chi connectivity index (χ0n) is 9.05. The van der Waals surface area contributed by atoms with Crippen molar-refractivity contribution in [3.05, 3.63) is 30.2 Å². The highest BCUT2D eigenvalue weighted by Crippen LogP contribution is 2.23. The average molecular weight is 238 g/mol. The summed E-state index contributed by atoms with van der Waals surface area (Å²) < 4.78 is 10.4. The summed E-state index contributed by atoms with van der Waals surface area (Å²) in [5.74, 6) is 2.18. The Morgan fingerprint density at radius 3 is 3.06 bits per heavy atom. The molecule has 16 heavy (non-hydrogen) atoms. The van der Waals surface area contributed by atoms with E-state index in [1.807, 2.05) is 18.2 Å². The van der Waals surface area contributed by atoms with Gasteiger partial charge in [-0.1, -0.05) is 12.1 Å². The summed E-state index contributed by atoms with van der Waals surface area (Å²) in [6.45, 7) is 2.77. The van der Waals surface area contributed by atoms with Crippen molar-refractivity contribution in [1.82, 2.24) is 5.16 Å². The van der Waals surface area contributed by atoms with Crippen LogP contribution in [0.3, 0.4) is 0 Å². The lowest BCUT2D eigenvalue weighted by Gasteiger charge is -2.04. The molecule has 5 heteroatoms. The Hall–Kier alpha value is -1.20. The number of rotatable bonds is 5. The third-order valence-corrected chi connectivity index (χ3v) is 3.39. The molecule has 2 aromatic heterocycles. The van der Waals surface area contributed by atoms with Crippen molar-refractivity contribution in [3.63, 3.8) is 0 Å². The molecule has 1 atom stereocenters. The molecule has 1 unspecified atom stereocenters. The van der Waals surface area contributed by atoms with Gasteiger partial charge < -0.3 is 14.7 Å². The van der Waals surface area contributed by atoms with Gasteiger partial charge in [0, 0.05) is 23.6 Å². The first kappa shape index (κ1) is 11.3. The Balaban J connectivity index is 1.98. The summed E-state index contributed by atoms with van der Waals surface area (Å²) in [6.07, 6.45) is 1.61. The van der Waals surface area contributed by atoms with E-state index in [1.54, 1.807) is 18.0 Å². The number of nitrogens with zero attached hydrogens (tertiary/aromatic N) is 1. The van der Waals surface area contributed by atoms with E-state index in [-0.39, 0.29) is 0 Å². The second kappa shape index (κ2) is 5.23. The third-order valence-electron chi connectivity index (χ3n) is 2.17. The lowest BCUT2D eigenvalue weighted by Crippen LogP contribution is -2.12. The van der Waals surface area contributed by atoms with E-state index >= 15 is 0 Å². The molecule has 2 N–H and O–H groups in total. The average Bonchev–Trinajstić information content (AvgIpc) is 2.95. The van der Waals surface area contributed by atoms with E-state index in [1.165, 1.54) is 0 Å². The minimum atomic E-state index is 0.434. The van der Waals surface area contributed by atoms with Crippen LogP contribution in [0.25, 0.3) is 11.5 Å². The zero-order valence-corrected chi connectivity index (χ0v) is 9.87. The van der Waals surface area contributed by atoms with Gasteiger partial charge in [-0.2, -0.15) is 11.8 Å². The molecule has 0 saturated carbocycles. The normalized spacial score (nSPS) is 12.9. The number of thioether (sulfide) groups is 1. The predicted molar refractivity (Wildman–Crippen MR) is 64.0 cm³/mol. The molecule has 0 radical (unpaired) electrons. The fourth-order valence-electron chi connectivity index (χ4n) is 1.21. The largest absolute Gasteiger partial charge is 0.461 e. The number of hydrogen-bond acceptors (Lipinski definition) is 5. The maximum atomic E-state index is 5.54. The Morgan fingerprint density at radius 2 is 2.38 bits per heavy atom. The van der Waals surface area contributed by atoms with Gasteiger partial charge in [-0.3, -0.25) is 0 Å². The van der Waals surface area contributed by atoms with Crippen LogP contribution < -0.4 is 5.73 Å². The topological polar surface area (TPSA) is 65.2 Å². The van der Waals surface area contributed by atoms with Gasteiger partial charge in [0.15, 0.2) is 5.76 Å². The number of furan rings is 1. The SMILES string of the molecule is CC(CN)SCc1cc(-c2ccco2)on1. The van der Waals surface area contributed by atoms with E-state index in [0.29, 0.717) is 23.3 Å². The fourth-order valence-corrected chi connectivity index (χ4v) is 1.94. The molecule has 4 nitrogen and oxygen atoms in total. The second-order valence-corrected chi connectivity index (χ2v) is 4.94. The quantitative estimate of drug-likeness (QED) is 0.867. The molecule has 0 fully saturated rings. The lowest BCUT2D eigenvalue weighted by atomic mass is 10.3. The predicted octanol–water partition coefficient (Wildman–Crippen LogP) is 2.52. The van der Waals surface area contributed by atoms with Crippen LogP contribution in [0, 0.1) is 0 Å². The van der Waals surface area contributed by atoms with Crippen LogP contribution in [0.1, 0.15) is 12.6 Å². The zero-order chi connectivity index (χ0) is 11.4. The van der Waals surface area contributed by atoms with Gasteiger partial charge in [-0.25, -0.2) is 0 Å². The van der Waals surface area contributed by atoms with Crippen molar-refractivity contribution in [2.75, 3.05) is 6.54 Å². The molecule has 0 spiro atoms. The summed E-state index contributed by atoms with van der Waals surface area (Å²) >= 11 is 1.76. The van der Waals surface area contributed by atoms with Crippen LogP contribution in [0.2, 0.25) is 0 Å². The van der Waals surface area contributed by atoms with Crippen LogP contribution >= 0.6 is 11.8 Å². The van der Waals surface area contributed by atoms with Crippen molar-refractivity contribution in [2.45, 2.75) is 17.9 Å². The number of nitrogens with two attached hydrogens (primary N) is 1. The molecular formula is C11H14N2O2S. The first-order valence-corrected chi connectivity index (χ1v) is 6.15. The van der Waals surface area contributed by atoms with E-state index < -0.39 is 0 Å². The first-order valence-electron chi connectivity index (χ1n) is 5.10. The molecule has 0 aliphatic rings. The summed E-state index contributed by atoms with van der Waals surface area (Å²) in [6, 6.07) is 5.57. The number of aromatic nitrogens is 1. The molecule has 0 aliphatic carbocycles. The van der Waals surface area contributed by atoms with Gasteiger partial charge in [-0.05, 0) is 12.1 Å². The summed E-state index contributed by atoms with van der Waals surface area (Å²) in [4.78, 5) is 0. The lowest BCUT2D eigenvalue weighted by molar-refractivity contribution is 0.413. The first-order chi connectivity index (χ1) is 7.79. The highest BCUT2D eigenvalue weighted by molar-refractivity contribution is 7.99. The summed E-state index contributed by atoms with van der Waals surface area (Å²) in [5.41, 5.74) is 6.45. The van der Waals surface area contributed by atoms with Crippen LogP contribution in [0.5, 0.6) is 0 Å². The molecule has 0 saturated heterocycles. The smallest absolute Gasteiger partial charge is 0.202 e. The highest BCUT2D eigenvalue weighted by Gasteiger charge is 2.09. The molecule has 0 bridgehead atoms. The van der Waals surface area contributed by atoms with Gasteiger partial charge in [0.1, 0.15) is 0 Å². The maximum absolute atomic E-state index is 5.54. The highest BCUT2D eigenvalue weighted by atomic mass is 32.2. The van der Waals surface area contributed by atoms with Crippen molar-refractivity contribution >= 4 is 11.8 Å². The van der Waals surface area contributed by atoms with Crippen LogP contribution in [0.4, 0.5) is 0 Å². The van der Waals surface area contributed by atoms with E-state index in [0.717, 1.165) is 11.4 Å². The van der Waals surface area contributed by atoms with Gasteiger partial charge >= 0.3 is 0 Å². The third kappa shape index (κ3) is 2.68. The van der Waals surface area contributed by atoms with Crippen molar-refractivity contribution in [3.8, 4) is 11.5 Å². The molecule has 2 rings (SSSR count). The van der Waals surface area contributed by atoms with Crippen molar-refractivity contribution in [2.24, 2.45) is 5.73 Å². The fraction of sp³-hybridized carbons (Fsp3) is 0.364. The second-order valence-electron chi connectivity index (χ2n) is 3.52. The molecular weight excluding hydrogens is 224 g/mol. The van der Waals surface area contributed by atoms with Crippen LogP contribution in [-0.4, -0.2) is 17.0 Å². The molecule has 0 aromatic carbocycles. The molecule has 2 aromatic rings. The van der Waals surface area contributed by atoms with Gasteiger partial charge in [0.25, 0.3) is 0 Å². The Kier molecular flexibility index (Phi) is 3.69. The molecule has 0 aliphatic heterocycles. The molecule has 2 heterocycles. The Morgan fingerprint density at radius 1 is 1.50 bits per heavy atom. The maximum Gasteiger partial charge on any atom is 0.202 e. The minimum Gasteiger partial charge on any atom is -0.461 e. The van der Waals surface area contributed by atoms with E-state index in [2.05, 4.69) is 12.1 Å².